The highest BCUT2D eigenvalue weighted by molar-refractivity contribution is 5.87. The topological polar surface area (TPSA) is 45.2 Å². The van der Waals surface area contributed by atoms with Crippen molar-refractivity contribution >= 4 is 11.7 Å². The Kier molecular flexibility index (Phi) is 5.64. The van der Waals surface area contributed by atoms with Gasteiger partial charge in [0.15, 0.2) is 0 Å². The molecule has 0 fully saturated rings. The second kappa shape index (κ2) is 7.27. The first-order valence-electron chi connectivity index (χ1n) is 5.83. The SMILES string of the molecule is CC=CC=CC(=O)NCc1ccnc(N(C)C)c1. The number of hydrogen-bond acceptors (Lipinski definition) is 3. The Morgan fingerprint density at radius 2 is 2.22 bits per heavy atom. The van der Waals surface area contributed by atoms with E-state index in [1.165, 1.54) is 6.08 Å². The molecule has 1 N–H and O–H groups in total. The van der Waals surface area contributed by atoms with E-state index >= 15 is 0 Å². The number of rotatable bonds is 5. The molecule has 0 atom stereocenters. The van der Waals surface area contributed by atoms with Crippen molar-refractivity contribution < 1.29 is 4.79 Å². The van der Waals surface area contributed by atoms with E-state index in [1.54, 1.807) is 12.3 Å². The van der Waals surface area contributed by atoms with Crippen molar-refractivity contribution in [3.05, 3.63) is 48.2 Å². The summed E-state index contributed by atoms with van der Waals surface area (Å²) in [5.74, 6) is 0.780. The van der Waals surface area contributed by atoms with Gasteiger partial charge in [0.25, 0.3) is 0 Å². The molecular weight excluding hydrogens is 226 g/mol. The van der Waals surface area contributed by atoms with Crippen molar-refractivity contribution in [1.29, 1.82) is 0 Å². The minimum absolute atomic E-state index is 0.101. The van der Waals surface area contributed by atoms with Crippen LogP contribution in [0.3, 0.4) is 0 Å². The van der Waals surface area contributed by atoms with Crippen LogP contribution < -0.4 is 10.2 Å². The fourth-order valence-electron chi connectivity index (χ4n) is 1.32. The monoisotopic (exact) mass is 245 g/mol. The minimum Gasteiger partial charge on any atom is -0.363 e. The van der Waals surface area contributed by atoms with Crippen LogP contribution in [0.4, 0.5) is 5.82 Å². The first-order chi connectivity index (χ1) is 8.63. The van der Waals surface area contributed by atoms with E-state index in [1.807, 2.05) is 50.2 Å². The molecule has 0 aliphatic rings. The zero-order chi connectivity index (χ0) is 13.4. The van der Waals surface area contributed by atoms with E-state index in [2.05, 4.69) is 10.3 Å². The molecule has 0 aliphatic carbocycles. The van der Waals surface area contributed by atoms with Crippen LogP contribution in [0.1, 0.15) is 12.5 Å². The van der Waals surface area contributed by atoms with Crippen LogP contribution in [0.2, 0.25) is 0 Å². The molecule has 18 heavy (non-hydrogen) atoms. The summed E-state index contributed by atoms with van der Waals surface area (Å²) in [6.07, 6.45) is 8.65. The predicted octanol–water partition coefficient (Wildman–Crippen LogP) is 1.90. The molecule has 1 rings (SSSR count). The Hall–Kier alpha value is -2.10. The van der Waals surface area contributed by atoms with Gasteiger partial charge < -0.3 is 10.2 Å². The van der Waals surface area contributed by atoms with Crippen LogP contribution in [0, 0.1) is 0 Å². The van der Waals surface area contributed by atoms with Gasteiger partial charge in [-0.25, -0.2) is 4.98 Å². The molecule has 0 aliphatic heterocycles. The number of anilines is 1. The molecular formula is C14H19N3O. The fourth-order valence-corrected chi connectivity index (χ4v) is 1.32. The van der Waals surface area contributed by atoms with Crippen molar-refractivity contribution in [2.45, 2.75) is 13.5 Å². The molecule has 0 saturated heterocycles. The largest absolute Gasteiger partial charge is 0.363 e. The highest BCUT2D eigenvalue weighted by Gasteiger charge is 2.00. The van der Waals surface area contributed by atoms with Crippen molar-refractivity contribution in [2.24, 2.45) is 0 Å². The number of hydrogen-bond donors (Lipinski definition) is 1. The number of nitrogens with zero attached hydrogens (tertiary/aromatic N) is 2. The Bertz CT molecular complexity index is 450. The van der Waals surface area contributed by atoms with Crippen molar-refractivity contribution in [3.63, 3.8) is 0 Å². The number of amides is 1. The van der Waals surface area contributed by atoms with Crippen LogP contribution in [-0.4, -0.2) is 25.0 Å². The first-order valence-corrected chi connectivity index (χ1v) is 5.83. The molecule has 4 heteroatoms. The van der Waals surface area contributed by atoms with Crippen LogP contribution in [-0.2, 0) is 11.3 Å². The van der Waals surface area contributed by atoms with Crippen LogP contribution in [0.15, 0.2) is 42.6 Å². The molecule has 0 unspecified atom stereocenters. The van der Waals surface area contributed by atoms with E-state index in [9.17, 15) is 4.79 Å². The molecule has 0 radical (unpaired) electrons. The summed E-state index contributed by atoms with van der Waals surface area (Å²) in [5.41, 5.74) is 1.03. The van der Waals surface area contributed by atoms with Crippen LogP contribution in [0.5, 0.6) is 0 Å². The molecule has 4 nitrogen and oxygen atoms in total. The van der Waals surface area contributed by atoms with Gasteiger partial charge in [0.1, 0.15) is 5.82 Å². The molecule has 1 aromatic rings. The highest BCUT2D eigenvalue weighted by Crippen LogP contribution is 2.08. The number of aromatic nitrogens is 1. The molecule has 96 valence electrons. The lowest BCUT2D eigenvalue weighted by atomic mass is 10.2. The van der Waals surface area contributed by atoms with Gasteiger partial charge in [-0.3, -0.25) is 4.79 Å². The van der Waals surface area contributed by atoms with Crippen molar-refractivity contribution in [1.82, 2.24) is 10.3 Å². The second-order valence-electron chi connectivity index (χ2n) is 4.02. The molecule has 0 saturated carbocycles. The van der Waals surface area contributed by atoms with Gasteiger partial charge in [-0.1, -0.05) is 18.2 Å². The van der Waals surface area contributed by atoms with Crippen LogP contribution >= 0.6 is 0 Å². The summed E-state index contributed by atoms with van der Waals surface area (Å²) in [5, 5.41) is 2.82. The highest BCUT2D eigenvalue weighted by atomic mass is 16.1. The van der Waals surface area contributed by atoms with E-state index in [0.29, 0.717) is 6.54 Å². The van der Waals surface area contributed by atoms with E-state index in [-0.39, 0.29) is 5.91 Å². The third-order valence-corrected chi connectivity index (χ3v) is 2.29. The maximum absolute atomic E-state index is 11.5. The fraction of sp³-hybridized carbons (Fsp3) is 0.286. The average molecular weight is 245 g/mol. The number of carbonyl (C=O) groups excluding carboxylic acids is 1. The van der Waals surface area contributed by atoms with Crippen molar-refractivity contribution in [2.75, 3.05) is 19.0 Å². The molecule has 0 bridgehead atoms. The number of allylic oxidation sites excluding steroid dienone is 3. The smallest absolute Gasteiger partial charge is 0.244 e. The summed E-state index contributed by atoms with van der Waals surface area (Å²) in [6, 6.07) is 3.85. The maximum atomic E-state index is 11.5. The number of carbonyl (C=O) groups is 1. The predicted molar refractivity (Wildman–Crippen MR) is 74.4 cm³/mol. The summed E-state index contributed by atoms with van der Waals surface area (Å²) >= 11 is 0. The van der Waals surface area contributed by atoms with Gasteiger partial charge in [0.05, 0.1) is 0 Å². The third-order valence-electron chi connectivity index (χ3n) is 2.29. The Morgan fingerprint density at radius 3 is 2.89 bits per heavy atom. The van der Waals surface area contributed by atoms with E-state index < -0.39 is 0 Å². The van der Waals surface area contributed by atoms with E-state index in [4.69, 9.17) is 0 Å². The standard InChI is InChI=1S/C14H19N3O/c1-4-5-6-7-14(18)16-11-12-8-9-15-13(10-12)17(2)3/h4-10H,11H2,1-3H3,(H,16,18). The average Bonchev–Trinajstić information content (AvgIpc) is 2.37. The molecule has 0 aromatic carbocycles. The summed E-state index contributed by atoms with van der Waals surface area (Å²) in [7, 11) is 3.87. The van der Waals surface area contributed by atoms with Gasteiger partial charge in [-0.05, 0) is 24.6 Å². The van der Waals surface area contributed by atoms with E-state index in [0.717, 1.165) is 11.4 Å². The van der Waals surface area contributed by atoms with Crippen LogP contribution in [0.25, 0.3) is 0 Å². The molecule has 0 spiro atoms. The molecule has 1 aromatic heterocycles. The lowest BCUT2D eigenvalue weighted by Crippen LogP contribution is -2.20. The second-order valence-corrected chi connectivity index (χ2v) is 4.02. The van der Waals surface area contributed by atoms with Gasteiger partial charge in [0.2, 0.25) is 5.91 Å². The number of pyridine rings is 1. The maximum Gasteiger partial charge on any atom is 0.244 e. The zero-order valence-electron chi connectivity index (χ0n) is 11.1. The molecule has 1 amide bonds. The summed E-state index contributed by atoms with van der Waals surface area (Å²) in [4.78, 5) is 17.6. The quantitative estimate of drug-likeness (QED) is 0.636. The minimum atomic E-state index is -0.101. The number of nitrogens with one attached hydrogen (secondary N) is 1. The van der Waals surface area contributed by atoms with Gasteiger partial charge in [-0.15, -0.1) is 0 Å². The van der Waals surface area contributed by atoms with Crippen molar-refractivity contribution in [3.8, 4) is 0 Å². The Morgan fingerprint density at radius 1 is 1.44 bits per heavy atom. The summed E-state index contributed by atoms with van der Waals surface area (Å²) in [6.45, 7) is 2.41. The Labute approximate surface area is 108 Å². The van der Waals surface area contributed by atoms with Gasteiger partial charge in [0, 0.05) is 32.9 Å². The molecule has 1 heterocycles. The van der Waals surface area contributed by atoms with Gasteiger partial charge >= 0.3 is 0 Å². The van der Waals surface area contributed by atoms with Gasteiger partial charge in [-0.2, -0.15) is 0 Å². The Balaban J connectivity index is 2.53. The zero-order valence-corrected chi connectivity index (χ0v) is 11.1. The normalized spacial score (nSPS) is 11.1. The summed E-state index contributed by atoms with van der Waals surface area (Å²) < 4.78 is 0. The third kappa shape index (κ3) is 4.82. The lowest BCUT2D eigenvalue weighted by Gasteiger charge is -2.12. The lowest BCUT2D eigenvalue weighted by molar-refractivity contribution is -0.116. The first kappa shape index (κ1) is 14.0.